The Labute approximate surface area is 164 Å². The molecule has 3 aliphatic rings. The van der Waals surface area contributed by atoms with E-state index in [-0.39, 0.29) is 0 Å². The van der Waals surface area contributed by atoms with Gasteiger partial charge in [0.25, 0.3) is 0 Å². The van der Waals surface area contributed by atoms with Crippen LogP contribution in [0, 0.1) is 5.41 Å². The smallest absolute Gasteiger partial charge is 0.171 e. The van der Waals surface area contributed by atoms with Gasteiger partial charge in [0.2, 0.25) is 0 Å². The first-order valence-corrected chi connectivity index (χ1v) is 9.70. The lowest BCUT2D eigenvalue weighted by Crippen LogP contribution is -2.63. The number of nitrogens with two attached hydrogens (primary N) is 1. The van der Waals surface area contributed by atoms with Gasteiger partial charge < -0.3 is 21.4 Å². The summed E-state index contributed by atoms with van der Waals surface area (Å²) in [6.45, 7) is 6.44. The number of aromatic nitrogens is 3. The zero-order chi connectivity index (χ0) is 18.9. The molecule has 0 amide bonds. The number of H-pyrrole nitrogens is 1. The lowest BCUT2D eigenvalue weighted by molar-refractivity contribution is 0.0469. The van der Waals surface area contributed by atoms with E-state index < -0.39 is 0 Å². The molecule has 27 heavy (non-hydrogen) atoms. The van der Waals surface area contributed by atoms with Gasteiger partial charge in [-0.1, -0.05) is 30.3 Å². The van der Waals surface area contributed by atoms with Crippen molar-refractivity contribution in [1.29, 1.82) is 0 Å². The molecule has 1 aliphatic heterocycles. The molecule has 5 N–H and O–H groups in total. The van der Waals surface area contributed by atoms with Crippen molar-refractivity contribution in [3.05, 3.63) is 59.4 Å². The first-order chi connectivity index (χ1) is 13.1. The van der Waals surface area contributed by atoms with Gasteiger partial charge in [0.15, 0.2) is 11.0 Å². The third-order valence-electron chi connectivity index (χ3n) is 5.55. The van der Waals surface area contributed by atoms with Crippen LogP contribution in [0.2, 0.25) is 5.15 Å². The first-order valence-electron chi connectivity index (χ1n) is 9.32. The van der Waals surface area contributed by atoms with Crippen molar-refractivity contribution in [1.82, 2.24) is 20.3 Å². The highest BCUT2D eigenvalue weighted by Crippen LogP contribution is 2.45. The van der Waals surface area contributed by atoms with Crippen molar-refractivity contribution in [3.63, 3.8) is 0 Å². The van der Waals surface area contributed by atoms with Crippen LogP contribution in [0.15, 0.2) is 48.6 Å². The van der Waals surface area contributed by atoms with Gasteiger partial charge in [0.1, 0.15) is 0 Å². The largest absolute Gasteiger partial charge is 0.402 e. The third-order valence-corrected chi connectivity index (χ3v) is 5.83. The summed E-state index contributed by atoms with van der Waals surface area (Å²) in [4.78, 5) is 12.1. The maximum Gasteiger partial charge on any atom is 0.171 e. The van der Waals surface area contributed by atoms with E-state index in [0.29, 0.717) is 28.1 Å². The van der Waals surface area contributed by atoms with Gasteiger partial charge in [0.05, 0.1) is 5.69 Å². The van der Waals surface area contributed by atoms with Crippen LogP contribution in [0.5, 0.6) is 0 Å². The van der Waals surface area contributed by atoms with Gasteiger partial charge in [-0.3, -0.25) is 0 Å². The zero-order valence-electron chi connectivity index (χ0n) is 15.3. The summed E-state index contributed by atoms with van der Waals surface area (Å²) >= 11 is 6.42. The Bertz CT molecular complexity index is 855. The molecule has 1 aromatic heterocycles. The Kier molecular flexibility index (Phi) is 4.93. The van der Waals surface area contributed by atoms with E-state index in [9.17, 15) is 0 Å². The van der Waals surface area contributed by atoms with Crippen LogP contribution in [0.1, 0.15) is 31.4 Å². The predicted octanol–water partition coefficient (Wildman–Crippen LogP) is 3.32. The minimum absolute atomic E-state index is 0.336. The molecule has 2 heterocycles. The van der Waals surface area contributed by atoms with Crippen LogP contribution >= 0.6 is 11.6 Å². The number of nitrogens with one attached hydrogen (secondary N) is 3. The SMILES string of the molecule is C=C(C1=C(N)CCC=C1)c1c[nH]ccnc(Cl)c(NC2CC3(CNC3)C2)n1. The van der Waals surface area contributed by atoms with Crippen molar-refractivity contribution in [2.75, 3.05) is 18.4 Å². The first kappa shape index (κ1) is 18.1. The fraction of sp³-hybridized carbons (Fsp3) is 0.400. The number of halogens is 1. The number of allylic oxidation sites excluding steroid dienone is 5. The summed E-state index contributed by atoms with van der Waals surface area (Å²) in [6.07, 6.45) is 13.3. The van der Waals surface area contributed by atoms with E-state index in [1.54, 1.807) is 18.6 Å². The number of anilines is 1. The van der Waals surface area contributed by atoms with Crippen molar-refractivity contribution in [3.8, 4) is 0 Å². The molecule has 0 radical (unpaired) electrons. The molecule has 4 rings (SSSR count). The highest BCUT2D eigenvalue weighted by atomic mass is 35.5. The number of rotatable bonds is 4. The van der Waals surface area contributed by atoms with Crippen LogP contribution in [-0.4, -0.2) is 34.1 Å². The Morgan fingerprint density at radius 1 is 1.37 bits per heavy atom. The fourth-order valence-corrected chi connectivity index (χ4v) is 4.09. The van der Waals surface area contributed by atoms with Crippen molar-refractivity contribution in [2.24, 2.45) is 11.1 Å². The highest BCUT2D eigenvalue weighted by Gasteiger charge is 2.48. The average Bonchev–Trinajstić information content (AvgIpc) is 2.67. The minimum atomic E-state index is 0.336. The van der Waals surface area contributed by atoms with Crippen LogP contribution in [0.4, 0.5) is 5.82 Å². The molecule has 1 spiro atoms. The maximum atomic E-state index is 6.42. The standard InChI is InChI=1S/C20H25ClN6/c1-13(15-4-2-3-5-16(15)22)17-10-23-6-7-25-18(21)19(27-17)26-14-8-20(9-14)11-24-12-20/h2,4,6-7,10,14,23-24H,1,3,5,8-9,11-12,22H2,(H,26,27). The summed E-state index contributed by atoms with van der Waals surface area (Å²) < 4.78 is 0. The van der Waals surface area contributed by atoms with Gasteiger partial charge in [0, 0.05) is 54.6 Å². The van der Waals surface area contributed by atoms with Gasteiger partial charge in [-0.25, -0.2) is 9.97 Å². The van der Waals surface area contributed by atoms with E-state index >= 15 is 0 Å². The molecule has 6 nitrogen and oxygen atoms in total. The average molecular weight is 385 g/mol. The lowest BCUT2D eigenvalue weighted by Gasteiger charge is -2.54. The van der Waals surface area contributed by atoms with Crippen molar-refractivity contribution < 1.29 is 0 Å². The second-order valence-corrected chi connectivity index (χ2v) is 7.96. The summed E-state index contributed by atoms with van der Waals surface area (Å²) in [5.41, 5.74) is 9.88. The van der Waals surface area contributed by atoms with E-state index in [0.717, 1.165) is 55.6 Å². The minimum Gasteiger partial charge on any atom is -0.402 e. The predicted molar refractivity (Wildman–Crippen MR) is 110 cm³/mol. The molecule has 0 unspecified atom stereocenters. The molecule has 7 heteroatoms. The number of aromatic amines is 1. The zero-order valence-corrected chi connectivity index (χ0v) is 16.0. The highest BCUT2D eigenvalue weighted by molar-refractivity contribution is 6.31. The number of nitrogens with zero attached hydrogens (tertiary/aromatic N) is 2. The molecule has 2 fully saturated rings. The number of hydrogen-bond acceptors (Lipinski definition) is 5. The number of hydrogen-bond donors (Lipinski definition) is 4. The normalized spacial score (nSPS) is 20.6. The van der Waals surface area contributed by atoms with Gasteiger partial charge in [-0.15, -0.1) is 0 Å². The fourth-order valence-electron chi connectivity index (χ4n) is 3.94. The molecule has 142 valence electrons. The quantitative estimate of drug-likeness (QED) is 0.639. The summed E-state index contributed by atoms with van der Waals surface area (Å²) in [6, 6.07) is 0.362. The monoisotopic (exact) mass is 384 g/mol. The Hall–Kier alpha value is -2.31. The van der Waals surface area contributed by atoms with Crippen LogP contribution in [0.3, 0.4) is 0 Å². The van der Waals surface area contributed by atoms with Crippen molar-refractivity contribution in [2.45, 2.75) is 31.7 Å². The molecule has 1 saturated carbocycles. The van der Waals surface area contributed by atoms with Crippen LogP contribution in [0.25, 0.3) is 5.57 Å². The molecule has 0 bridgehead atoms. The van der Waals surface area contributed by atoms with Gasteiger partial charge in [-0.05, 0) is 31.1 Å². The Morgan fingerprint density at radius 3 is 2.89 bits per heavy atom. The Morgan fingerprint density at radius 2 is 2.19 bits per heavy atom. The topological polar surface area (TPSA) is 91.7 Å². The summed E-state index contributed by atoms with van der Waals surface area (Å²) in [7, 11) is 0. The van der Waals surface area contributed by atoms with Crippen LogP contribution < -0.4 is 16.4 Å². The van der Waals surface area contributed by atoms with E-state index in [2.05, 4.69) is 33.3 Å². The van der Waals surface area contributed by atoms with E-state index in [1.165, 1.54) is 0 Å². The molecule has 1 saturated heterocycles. The Balaban J connectivity index is 1.64. The third kappa shape index (κ3) is 3.73. The van der Waals surface area contributed by atoms with Gasteiger partial charge in [-0.2, -0.15) is 0 Å². The summed E-state index contributed by atoms with van der Waals surface area (Å²) in [5, 5.41) is 7.17. The molecular weight excluding hydrogens is 360 g/mol. The van der Waals surface area contributed by atoms with Crippen molar-refractivity contribution >= 4 is 23.0 Å². The maximum absolute atomic E-state index is 6.42. The van der Waals surface area contributed by atoms with E-state index in [4.69, 9.17) is 22.3 Å². The molecular formula is C20H25ClN6. The molecule has 0 aromatic carbocycles. The lowest BCUT2D eigenvalue weighted by atomic mass is 9.62. The molecule has 0 atom stereocenters. The van der Waals surface area contributed by atoms with Crippen LogP contribution in [-0.2, 0) is 0 Å². The second kappa shape index (κ2) is 7.37. The van der Waals surface area contributed by atoms with Gasteiger partial charge >= 0.3 is 0 Å². The second-order valence-electron chi connectivity index (χ2n) is 7.60. The van der Waals surface area contributed by atoms with E-state index in [1.807, 2.05) is 6.08 Å². The molecule has 2 aliphatic carbocycles. The summed E-state index contributed by atoms with van der Waals surface area (Å²) in [5.74, 6) is 0.573. The molecule has 1 aromatic rings.